The molecule has 0 amide bonds. The van der Waals surface area contributed by atoms with Crippen molar-refractivity contribution in [1.82, 2.24) is 0 Å². The second kappa shape index (κ2) is 6.59. The number of hydrogen-bond acceptors (Lipinski definition) is 4. The van der Waals surface area contributed by atoms with Gasteiger partial charge in [0, 0.05) is 5.56 Å². The van der Waals surface area contributed by atoms with Gasteiger partial charge in [-0.05, 0) is 67.4 Å². The van der Waals surface area contributed by atoms with Crippen LogP contribution in [0.15, 0.2) is 69.0 Å². The Morgan fingerprint density at radius 2 is 1.81 bits per heavy atom. The Labute approximate surface area is 151 Å². The van der Waals surface area contributed by atoms with Crippen LogP contribution in [0.4, 0.5) is 15.8 Å². The summed E-state index contributed by atoms with van der Waals surface area (Å²) < 4.78 is 19.0. The summed E-state index contributed by atoms with van der Waals surface area (Å²) >= 11 is 0. The molecule has 1 aliphatic heterocycles. The molecule has 1 N–H and O–H groups in total. The number of amidine groups is 2. The van der Waals surface area contributed by atoms with E-state index in [2.05, 4.69) is 23.3 Å². The summed E-state index contributed by atoms with van der Waals surface area (Å²) in [7, 11) is 0. The van der Waals surface area contributed by atoms with Crippen molar-refractivity contribution in [3.63, 3.8) is 0 Å². The molecule has 0 radical (unpaired) electrons. The first-order chi connectivity index (χ1) is 12.6. The SMILES string of the molecule is CCc1ccc2c(c1)NC(c1ccc(C)o1)=NC(c1ccc(F)cc1)=N2. The molecule has 0 bridgehead atoms. The number of hydrogen-bond donors (Lipinski definition) is 1. The van der Waals surface area contributed by atoms with Crippen molar-refractivity contribution in [2.24, 2.45) is 9.98 Å². The van der Waals surface area contributed by atoms with Gasteiger partial charge in [0.1, 0.15) is 11.6 Å². The molecule has 2 aromatic carbocycles. The smallest absolute Gasteiger partial charge is 0.176 e. The van der Waals surface area contributed by atoms with E-state index >= 15 is 0 Å². The van der Waals surface area contributed by atoms with Gasteiger partial charge in [-0.2, -0.15) is 0 Å². The number of anilines is 1. The van der Waals surface area contributed by atoms with Crippen molar-refractivity contribution in [3.05, 3.63) is 83.1 Å². The van der Waals surface area contributed by atoms with Gasteiger partial charge in [-0.25, -0.2) is 14.4 Å². The quantitative estimate of drug-likeness (QED) is 0.704. The number of aryl methyl sites for hydroxylation is 2. The van der Waals surface area contributed by atoms with E-state index in [-0.39, 0.29) is 5.82 Å². The minimum atomic E-state index is -0.292. The molecule has 0 saturated carbocycles. The Hall–Kier alpha value is -3.21. The van der Waals surface area contributed by atoms with Crippen molar-refractivity contribution >= 4 is 23.0 Å². The summed E-state index contributed by atoms with van der Waals surface area (Å²) in [6.07, 6.45) is 0.926. The van der Waals surface area contributed by atoms with E-state index in [0.29, 0.717) is 17.4 Å². The lowest BCUT2D eigenvalue weighted by Gasteiger charge is -2.09. The Balaban J connectivity index is 1.87. The van der Waals surface area contributed by atoms with Crippen LogP contribution in [0.3, 0.4) is 0 Å². The van der Waals surface area contributed by atoms with Crippen LogP contribution in [0.2, 0.25) is 0 Å². The highest BCUT2D eigenvalue weighted by Gasteiger charge is 2.17. The first-order valence-electron chi connectivity index (χ1n) is 8.52. The summed E-state index contributed by atoms with van der Waals surface area (Å²) in [6.45, 7) is 4.00. The van der Waals surface area contributed by atoms with Crippen LogP contribution in [-0.2, 0) is 6.42 Å². The summed E-state index contributed by atoms with van der Waals surface area (Å²) in [6, 6.07) is 16.0. The van der Waals surface area contributed by atoms with E-state index in [1.807, 2.05) is 31.2 Å². The Morgan fingerprint density at radius 3 is 2.50 bits per heavy atom. The molecule has 0 aliphatic carbocycles. The highest BCUT2D eigenvalue weighted by molar-refractivity contribution is 6.18. The average molecular weight is 347 g/mol. The molecule has 1 aromatic heterocycles. The van der Waals surface area contributed by atoms with Crippen molar-refractivity contribution in [2.45, 2.75) is 20.3 Å². The minimum Gasteiger partial charge on any atom is -0.458 e. The van der Waals surface area contributed by atoms with Gasteiger partial charge < -0.3 is 9.73 Å². The number of nitrogens with zero attached hydrogens (tertiary/aromatic N) is 2. The van der Waals surface area contributed by atoms with Gasteiger partial charge in [0.25, 0.3) is 0 Å². The molecular weight excluding hydrogens is 329 g/mol. The molecule has 3 aromatic rings. The summed E-state index contributed by atoms with van der Waals surface area (Å²) in [4.78, 5) is 9.37. The molecule has 0 atom stereocenters. The molecule has 0 saturated heterocycles. The summed E-state index contributed by atoms with van der Waals surface area (Å²) in [5, 5.41) is 3.34. The lowest BCUT2D eigenvalue weighted by molar-refractivity contribution is 0.526. The van der Waals surface area contributed by atoms with Crippen molar-refractivity contribution in [2.75, 3.05) is 5.32 Å². The number of benzene rings is 2. The highest BCUT2D eigenvalue weighted by Crippen LogP contribution is 2.30. The lowest BCUT2D eigenvalue weighted by atomic mass is 10.1. The topological polar surface area (TPSA) is 49.9 Å². The third-order valence-electron chi connectivity index (χ3n) is 4.24. The van der Waals surface area contributed by atoms with Crippen LogP contribution in [-0.4, -0.2) is 11.7 Å². The Kier molecular flexibility index (Phi) is 4.13. The van der Waals surface area contributed by atoms with Gasteiger partial charge in [0.15, 0.2) is 17.4 Å². The monoisotopic (exact) mass is 347 g/mol. The molecular formula is C21H18FN3O. The maximum absolute atomic E-state index is 13.3. The van der Waals surface area contributed by atoms with Crippen LogP contribution < -0.4 is 5.32 Å². The minimum absolute atomic E-state index is 0.292. The van der Waals surface area contributed by atoms with Gasteiger partial charge in [0.05, 0.1) is 11.4 Å². The zero-order valence-corrected chi connectivity index (χ0v) is 14.6. The maximum Gasteiger partial charge on any atom is 0.176 e. The van der Waals surface area contributed by atoms with E-state index in [1.165, 1.54) is 17.7 Å². The standard InChI is InChI=1S/C21H18FN3O/c1-3-14-5-10-17-18(12-14)24-21(19-11-4-13(2)26-19)25-20(23-17)15-6-8-16(22)9-7-15/h4-12H,3H2,1-2H3,(H,23,24,25). The van der Waals surface area contributed by atoms with Gasteiger partial charge in [0.2, 0.25) is 0 Å². The number of fused-ring (bicyclic) bond motifs is 1. The predicted octanol–water partition coefficient (Wildman–Crippen LogP) is 5.24. The zero-order valence-electron chi connectivity index (χ0n) is 14.6. The molecule has 4 rings (SSSR count). The molecule has 0 spiro atoms. The number of halogens is 1. The van der Waals surface area contributed by atoms with E-state index in [4.69, 9.17) is 9.41 Å². The van der Waals surface area contributed by atoms with E-state index in [9.17, 15) is 4.39 Å². The van der Waals surface area contributed by atoms with E-state index in [1.54, 1.807) is 12.1 Å². The summed E-state index contributed by atoms with van der Waals surface area (Å²) in [5.74, 6) is 2.22. The van der Waals surface area contributed by atoms with Crippen molar-refractivity contribution in [1.29, 1.82) is 0 Å². The third kappa shape index (κ3) is 3.16. The van der Waals surface area contributed by atoms with Gasteiger partial charge >= 0.3 is 0 Å². The largest absolute Gasteiger partial charge is 0.458 e. The van der Waals surface area contributed by atoms with Gasteiger partial charge in [-0.3, -0.25) is 0 Å². The van der Waals surface area contributed by atoms with Crippen molar-refractivity contribution < 1.29 is 8.81 Å². The fourth-order valence-electron chi connectivity index (χ4n) is 2.81. The number of aliphatic imine (C=N–C) groups is 2. The number of furan rings is 1. The molecule has 0 fully saturated rings. The predicted molar refractivity (Wildman–Crippen MR) is 102 cm³/mol. The first-order valence-corrected chi connectivity index (χ1v) is 8.52. The van der Waals surface area contributed by atoms with Gasteiger partial charge in [-0.15, -0.1) is 0 Å². The average Bonchev–Trinajstić information content (AvgIpc) is 2.99. The van der Waals surface area contributed by atoms with Crippen LogP contribution in [0.1, 0.15) is 29.6 Å². The van der Waals surface area contributed by atoms with Crippen molar-refractivity contribution in [3.8, 4) is 0 Å². The number of rotatable bonds is 3. The molecule has 1 aliphatic rings. The fraction of sp³-hybridized carbons (Fsp3) is 0.143. The van der Waals surface area contributed by atoms with Gasteiger partial charge in [-0.1, -0.05) is 13.0 Å². The molecule has 2 heterocycles. The molecule has 5 heteroatoms. The molecule has 26 heavy (non-hydrogen) atoms. The zero-order chi connectivity index (χ0) is 18.1. The summed E-state index contributed by atoms with van der Waals surface area (Å²) in [5.41, 5.74) is 3.59. The second-order valence-electron chi connectivity index (χ2n) is 6.14. The third-order valence-corrected chi connectivity index (χ3v) is 4.24. The molecule has 4 nitrogen and oxygen atoms in total. The Bertz CT molecular complexity index is 1020. The van der Waals surface area contributed by atoms with E-state index in [0.717, 1.165) is 29.1 Å². The Morgan fingerprint density at radius 1 is 1.00 bits per heavy atom. The molecule has 0 unspecified atom stereocenters. The fourth-order valence-corrected chi connectivity index (χ4v) is 2.81. The van der Waals surface area contributed by atoms with Crippen LogP contribution in [0, 0.1) is 12.7 Å². The van der Waals surface area contributed by atoms with E-state index < -0.39 is 0 Å². The van der Waals surface area contributed by atoms with Crippen LogP contribution in [0.5, 0.6) is 0 Å². The normalized spacial score (nSPS) is 13.3. The second-order valence-corrected chi connectivity index (χ2v) is 6.14. The highest BCUT2D eigenvalue weighted by atomic mass is 19.1. The number of nitrogens with one attached hydrogen (secondary N) is 1. The lowest BCUT2D eigenvalue weighted by Crippen LogP contribution is -2.14. The van der Waals surface area contributed by atoms with Crippen LogP contribution in [0.25, 0.3) is 0 Å². The van der Waals surface area contributed by atoms with Crippen LogP contribution >= 0.6 is 0 Å². The molecule has 130 valence electrons. The first kappa shape index (κ1) is 16.3. The maximum atomic E-state index is 13.3.